The molecule has 33 heavy (non-hydrogen) atoms. The summed E-state index contributed by atoms with van der Waals surface area (Å²) in [5.74, 6) is -3.54. The largest absolute Gasteiger partial charge is 0.505 e. The van der Waals surface area contributed by atoms with Crippen LogP contribution in [0.2, 0.25) is 0 Å². The molecular formula is C18H19F3N5O6P. The number of amides is 1. The molecule has 5 N–H and O–H groups in total. The normalized spacial score (nSPS) is 18.6. The summed E-state index contributed by atoms with van der Waals surface area (Å²) in [7, 11) is -4.48. The van der Waals surface area contributed by atoms with Crippen molar-refractivity contribution >= 4 is 30.3 Å². The number of nitrogens with zero attached hydrogens (tertiary/aromatic N) is 3. The van der Waals surface area contributed by atoms with Gasteiger partial charge in [-0.15, -0.1) is 0 Å². The van der Waals surface area contributed by atoms with E-state index in [0.717, 1.165) is 19.2 Å². The Morgan fingerprint density at radius 2 is 2.09 bits per heavy atom. The van der Waals surface area contributed by atoms with E-state index in [1.54, 1.807) is 0 Å². The Balaban J connectivity index is 1.94. The third-order valence-corrected chi connectivity index (χ3v) is 6.21. The van der Waals surface area contributed by atoms with E-state index >= 15 is 0 Å². The second-order valence-corrected chi connectivity index (χ2v) is 8.99. The summed E-state index contributed by atoms with van der Waals surface area (Å²) in [5, 5.41) is 16.2. The van der Waals surface area contributed by atoms with Gasteiger partial charge in [-0.05, 0) is 24.6 Å². The standard InChI is InChI=1S/C18H19F3N5O6P/c1-9(18(19,20)21)4-5-26-17(29)15(12(27)7-23-26)16-24-11-3-2-10(32-8-14(22)28)6-13(11)33(30,31)25-16/h2-3,6-7,9,27H,4-5,8H2,1H3,(H2,22,28)(H2,24,25,30,31). The van der Waals surface area contributed by atoms with Crippen LogP contribution in [0, 0.1) is 5.92 Å². The molecule has 178 valence electrons. The van der Waals surface area contributed by atoms with Gasteiger partial charge in [0.15, 0.2) is 18.2 Å². The predicted molar refractivity (Wildman–Crippen MR) is 111 cm³/mol. The summed E-state index contributed by atoms with van der Waals surface area (Å²) in [6.07, 6.45) is -4.07. The molecule has 11 nitrogen and oxygen atoms in total. The monoisotopic (exact) mass is 489 g/mol. The van der Waals surface area contributed by atoms with E-state index in [-0.39, 0.29) is 16.7 Å². The summed E-state index contributed by atoms with van der Waals surface area (Å²) in [5.41, 5.74) is 3.53. The molecule has 0 spiro atoms. The molecule has 1 aromatic heterocycles. The molecule has 0 aliphatic carbocycles. The van der Waals surface area contributed by atoms with Gasteiger partial charge in [-0.3, -0.25) is 14.2 Å². The highest BCUT2D eigenvalue weighted by atomic mass is 31.2. The van der Waals surface area contributed by atoms with Crippen molar-refractivity contribution in [2.45, 2.75) is 26.1 Å². The van der Waals surface area contributed by atoms with Crippen molar-refractivity contribution in [1.29, 1.82) is 0 Å². The number of aryl methyl sites for hydroxylation is 1. The van der Waals surface area contributed by atoms with Crippen molar-refractivity contribution in [3.05, 3.63) is 40.3 Å². The van der Waals surface area contributed by atoms with Crippen LogP contribution in [0.3, 0.4) is 0 Å². The minimum Gasteiger partial charge on any atom is -0.505 e. The maximum atomic E-state index is 12.8. The smallest absolute Gasteiger partial charge is 0.391 e. The third kappa shape index (κ3) is 5.34. The van der Waals surface area contributed by atoms with Crippen LogP contribution in [0.15, 0.2) is 34.0 Å². The van der Waals surface area contributed by atoms with Gasteiger partial charge in [-0.1, -0.05) is 6.92 Å². The third-order valence-electron chi connectivity index (χ3n) is 4.75. The van der Waals surface area contributed by atoms with Gasteiger partial charge in [0.05, 0.1) is 23.1 Å². The fourth-order valence-electron chi connectivity index (χ4n) is 2.90. The first kappa shape index (κ1) is 24.3. The van der Waals surface area contributed by atoms with E-state index in [9.17, 15) is 37.3 Å². The minimum absolute atomic E-state index is 0.0603. The zero-order valence-electron chi connectivity index (χ0n) is 17.0. The number of fused-ring (bicyclic) bond motifs is 1. The van der Waals surface area contributed by atoms with E-state index in [0.29, 0.717) is 4.68 Å². The molecule has 0 radical (unpaired) electrons. The fraction of sp³-hybridized carbons (Fsp3) is 0.333. The number of hydrogen-bond acceptors (Lipinski definition) is 7. The number of nitrogens with two attached hydrogens (primary N) is 1. The molecule has 2 atom stereocenters. The number of anilines is 1. The van der Waals surface area contributed by atoms with Gasteiger partial charge in [0.1, 0.15) is 11.3 Å². The summed E-state index contributed by atoms with van der Waals surface area (Å²) in [6, 6.07) is 3.85. The number of primary amides is 1. The molecule has 0 bridgehead atoms. The van der Waals surface area contributed by atoms with E-state index in [1.807, 2.05) is 0 Å². The molecule has 2 unspecified atom stereocenters. The average Bonchev–Trinajstić information content (AvgIpc) is 2.70. The number of halogens is 3. The molecule has 1 aromatic carbocycles. The van der Waals surface area contributed by atoms with Gasteiger partial charge >= 0.3 is 13.7 Å². The number of alkyl halides is 3. The molecular weight excluding hydrogens is 470 g/mol. The van der Waals surface area contributed by atoms with Crippen LogP contribution in [0.5, 0.6) is 11.5 Å². The Bertz CT molecular complexity index is 1230. The molecule has 0 saturated heterocycles. The maximum absolute atomic E-state index is 12.8. The molecule has 1 aliphatic heterocycles. The Hall–Kier alpha value is -3.38. The molecule has 0 fully saturated rings. The Morgan fingerprint density at radius 3 is 2.73 bits per heavy atom. The Kier molecular flexibility index (Phi) is 6.52. The average molecular weight is 489 g/mol. The van der Waals surface area contributed by atoms with Gasteiger partial charge in [-0.2, -0.15) is 23.0 Å². The van der Waals surface area contributed by atoms with Gasteiger partial charge in [-0.25, -0.2) is 4.68 Å². The van der Waals surface area contributed by atoms with Crippen molar-refractivity contribution in [2.75, 3.05) is 11.9 Å². The van der Waals surface area contributed by atoms with Crippen molar-refractivity contribution in [1.82, 2.24) is 9.78 Å². The van der Waals surface area contributed by atoms with Crippen LogP contribution in [0.1, 0.15) is 18.9 Å². The van der Waals surface area contributed by atoms with Crippen molar-refractivity contribution in [2.24, 2.45) is 16.4 Å². The van der Waals surface area contributed by atoms with Crippen LogP contribution in [0.4, 0.5) is 18.9 Å². The van der Waals surface area contributed by atoms with Crippen LogP contribution in [-0.2, 0) is 15.9 Å². The Labute approximate surface area is 184 Å². The number of ether oxygens (including phenoxy) is 1. The molecule has 2 aromatic rings. The molecule has 0 saturated carbocycles. The molecule has 3 rings (SSSR count). The van der Waals surface area contributed by atoms with Gasteiger partial charge < -0.3 is 25.8 Å². The SMILES string of the molecule is CC(CCn1ncc(O)c(C2=NP(=O)(O)c3cc(OCC(N)=O)ccc3N2)c1=O)C(F)(F)F. The highest BCUT2D eigenvalue weighted by Crippen LogP contribution is 2.47. The van der Waals surface area contributed by atoms with E-state index in [1.165, 1.54) is 12.1 Å². The fourth-order valence-corrected chi connectivity index (χ4v) is 4.17. The molecule has 2 heterocycles. The first-order valence-electron chi connectivity index (χ1n) is 9.41. The number of hydrogen-bond donors (Lipinski definition) is 4. The lowest BCUT2D eigenvalue weighted by molar-refractivity contribution is -0.171. The van der Waals surface area contributed by atoms with E-state index in [4.69, 9.17) is 10.5 Å². The predicted octanol–water partition coefficient (Wildman–Crippen LogP) is 1.08. The summed E-state index contributed by atoms with van der Waals surface area (Å²) >= 11 is 0. The topological polar surface area (TPSA) is 169 Å². The number of rotatable bonds is 7. The lowest BCUT2D eigenvalue weighted by Gasteiger charge is -2.23. The van der Waals surface area contributed by atoms with E-state index in [2.05, 4.69) is 15.2 Å². The number of carbonyl (C=O) groups is 1. The first-order chi connectivity index (χ1) is 15.3. The molecule has 15 heteroatoms. The zero-order chi connectivity index (χ0) is 24.6. The summed E-state index contributed by atoms with van der Waals surface area (Å²) < 4.78 is 60.6. The number of nitrogens with one attached hydrogen (secondary N) is 1. The van der Waals surface area contributed by atoms with Gasteiger partial charge in [0, 0.05) is 6.54 Å². The highest BCUT2D eigenvalue weighted by Gasteiger charge is 2.36. The number of aromatic hydroxyl groups is 1. The van der Waals surface area contributed by atoms with Crippen molar-refractivity contribution in [3.8, 4) is 11.5 Å². The van der Waals surface area contributed by atoms with Crippen LogP contribution < -0.4 is 26.7 Å². The van der Waals surface area contributed by atoms with Crippen molar-refractivity contribution in [3.63, 3.8) is 0 Å². The Morgan fingerprint density at radius 1 is 1.39 bits per heavy atom. The highest BCUT2D eigenvalue weighted by molar-refractivity contribution is 7.65. The number of aromatic nitrogens is 2. The lowest BCUT2D eigenvalue weighted by atomic mass is 10.1. The van der Waals surface area contributed by atoms with Crippen LogP contribution >= 0.6 is 7.52 Å². The maximum Gasteiger partial charge on any atom is 0.391 e. The van der Waals surface area contributed by atoms with Crippen LogP contribution in [0.25, 0.3) is 0 Å². The quantitative estimate of drug-likeness (QED) is 0.419. The van der Waals surface area contributed by atoms with Crippen LogP contribution in [-0.4, -0.2) is 44.3 Å². The number of benzene rings is 1. The minimum atomic E-state index is -4.48. The molecule has 1 aliphatic rings. The molecule has 1 amide bonds. The zero-order valence-corrected chi connectivity index (χ0v) is 17.9. The number of carbonyl (C=O) groups excluding carboxylic acids is 1. The second-order valence-electron chi connectivity index (χ2n) is 7.22. The van der Waals surface area contributed by atoms with Gasteiger partial charge in [0.2, 0.25) is 0 Å². The lowest BCUT2D eigenvalue weighted by Crippen LogP contribution is -2.34. The van der Waals surface area contributed by atoms with Crippen molar-refractivity contribution < 1.29 is 37.3 Å². The first-order valence-corrected chi connectivity index (χ1v) is 11.0. The van der Waals surface area contributed by atoms with E-state index < -0.39 is 67.8 Å². The number of amidine groups is 1. The second kappa shape index (κ2) is 8.87. The summed E-state index contributed by atoms with van der Waals surface area (Å²) in [4.78, 5) is 34.1. The van der Waals surface area contributed by atoms with Gasteiger partial charge in [0.25, 0.3) is 11.5 Å². The summed E-state index contributed by atoms with van der Waals surface area (Å²) in [6.45, 7) is 0.0847.